The number of hydrazine groups is 1. The molecule has 4 N–H and O–H groups in total. The quantitative estimate of drug-likeness (QED) is 0.519. The van der Waals surface area contributed by atoms with Crippen molar-refractivity contribution in [3.8, 4) is 5.75 Å². The first kappa shape index (κ1) is 22.7. The minimum Gasteiger partial charge on any atom is -0.481 e. The molecule has 4 amide bonds. The Morgan fingerprint density at radius 2 is 1.57 bits per heavy atom. The third-order valence-electron chi connectivity index (χ3n) is 3.88. The monoisotopic (exact) mass is 416 g/mol. The van der Waals surface area contributed by atoms with Crippen LogP contribution in [0.3, 0.4) is 0 Å². The van der Waals surface area contributed by atoms with Crippen LogP contribution in [0.2, 0.25) is 0 Å². The summed E-state index contributed by atoms with van der Waals surface area (Å²) < 4.78 is 18.3. The molecule has 160 valence electrons. The smallest absolute Gasteiger partial charge is 0.315 e. The van der Waals surface area contributed by atoms with Crippen LogP contribution in [0, 0.1) is 5.82 Å². The fourth-order valence-corrected chi connectivity index (χ4v) is 2.33. The van der Waals surface area contributed by atoms with Gasteiger partial charge >= 0.3 is 6.03 Å². The first-order valence-electron chi connectivity index (χ1n) is 9.40. The zero-order valence-electron chi connectivity index (χ0n) is 17.0. The number of amides is 4. The molecule has 0 saturated carbocycles. The summed E-state index contributed by atoms with van der Waals surface area (Å²) in [5.74, 6) is -1.15. The number of hydrogen-bond acceptors (Lipinski definition) is 4. The van der Waals surface area contributed by atoms with E-state index < -0.39 is 23.7 Å². The molecule has 8 nitrogen and oxygen atoms in total. The summed E-state index contributed by atoms with van der Waals surface area (Å²) in [5.41, 5.74) is 5.74. The molecule has 0 heterocycles. The number of carbonyl (C=O) groups is 3. The molecule has 30 heavy (non-hydrogen) atoms. The molecule has 0 spiro atoms. The Kier molecular flexibility index (Phi) is 8.16. The van der Waals surface area contributed by atoms with Gasteiger partial charge in [0.1, 0.15) is 11.6 Å². The molecule has 2 rings (SSSR count). The van der Waals surface area contributed by atoms with Gasteiger partial charge in [0.25, 0.3) is 11.8 Å². The highest BCUT2D eigenvalue weighted by Crippen LogP contribution is 2.13. The van der Waals surface area contributed by atoms with Crippen molar-refractivity contribution in [2.24, 2.45) is 0 Å². The van der Waals surface area contributed by atoms with Gasteiger partial charge in [-0.3, -0.25) is 20.4 Å². The van der Waals surface area contributed by atoms with Crippen LogP contribution in [0.4, 0.5) is 9.18 Å². The topological polar surface area (TPSA) is 109 Å². The number of rotatable bonds is 7. The molecule has 0 saturated heterocycles. The maximum absolute atomic E-state index is 12.9. The summed E-state index contributed by atoms with van der Waals surface area (Å²) in [7, 11) is 0. The number of halogens is 1. The number of urea groups is 1. The maximum Gasteiger partial charge on any atom is 0.315 e. The van der Waals surface area contributed by atoms with Crippen LogP contribution in [0.15, 0.2) is 48.5 Å². The molecule has 0 unspecified atom stereocenters. The second-order valence-corrected chi connectivity index (χ2v) is 6.84. The van der Waals surface area contributed by atoms with Gasteiger partial charge in [0.05, 0.1) is 0 Å². The summed E-state index contributed by atoms with van der Waals surface area (Å²) in [4.78, 5) is 35.8. The van der Waals surface area contributed by atoms with Crippen molar-refractivity contribution in [1.29, 1.82) is 0 Å². The molecule has 0 fully saturated rings. The standard InChI is InChI=1S/C21H25FN4O4/c1-13(2)24-21(29)23-12-15-4-6-16(7-5-15)20(28)26-25-19(27)14(3)30-18-10-8-17(22)9-11-18/h4-11,13-14H,12H2,1-3H3,(H,25,27)(H,26,28)(H2,23,24,29)/t14-/m0/s1. The van der Waals surface area contributed by atoms with Crippen LogP contribution in [0.5, 0.6) is 5.75 Å². The molecular weight excluding hydrogens is 391 g/mol. The van der Waals surface area contributed by atoms with Gasteiger partial charge in [-0.05, 0) is 62.7 Å². The average Bonchev–Trinajstić information content (AvgIpc) is 2.71. The highest BCUT2D eigenvalue weighted by atomic mass is 19.1. The lowest BCUT2D eigenvalue weighted by Gasteiger charge is -2.15. The minimum absolute atomic E-state index is 0.0371. The Morgan fingerprint density at radius 3 is 2.17 bits per heavy atom. The third kappa shape index (κ3) is 7.42. The van der Waals surface area contributed by atoms with E-state index in [2.05, 4.69) is 21.5 Å². The molecule has 1 atom stereocenters. The molecule has 2 aromatic rings. The molecular formula is C21H25FN4O4. The molecule has 0 aliphatic carbocycles. The molecule has 0 radical (unpaired) electrons. The van der Waals surface area contributed by atoms with Crippen LogP contribution in [-0.2, 0) is 11.3 Å². The van der Waals surface area contributed by atoms with Gasteiger partial charge in [-0.25, -0.2) is 9.18 Å². The molecule has 0 aliphatic rings. The molecule has 0 aliphatic heterocycles. The Balaban J connectivity index is 1.79. The van der Waals surface area contributed by atoms with E-state index in [9.17, 15) is 18.8 Å². The van der Waals surface area contributed by atoms with Crippen LogP contribution < -0.4 is 26.2 Å². The third-order valence-corrected chi connectivity index (χ3v) is 3.88. The molecule has 2 aromatic carbocycles. The highest BCUT2D eigenvalue weighted by molar-refractivity contribution is 5.95. The van der Waals surface area contributed by atoms with Crippen molar-refractivity contribution in [3.63, 3.8) is 0 Å². The largest absolute Gasteiger partial charge is 0.481 e. The van der Waals surface area contributed by atoms with E-state index in [4.69, 9.17) is 4.74 Å². The maximum atomic E-state index is 12.9. The molecule has 0 bridgehead atoms. The fourth-order valence-electron chi connectivity index (χ4n) is 2.33. The van der Waals surface area contributed by atoms with Crippen molar-refractivity contribution in [2.75, 3.05) is 0 Å². The first-order chi connectivity index (χ1) is 14.2. The Morgan fingerprint density at radius 1 is 0.933 bits per heavy atom. The lowest BCUT2D eigenvalue weighted by Crippen LogP contribution is -2.47. The highest BCUT2D eigenvalue weighted by Gasteiger charge is 2.16. The van der Waals surface area contributed by atoms with Gasteiger partial charge < -0.3 is 15.4 Å². The van der Waals surface area contributed by atoms with Gasteiger partial charge in [0, 0.05) is 18.2 Å². The van der Waals surface area contributed by atoms with E-state index in [-0.39, 0.29) is 12.1 Å². The van der Waals surface area contributed by atoms with Gasteiger partial charge in [0.15, 0.2) is 6.10 Å². The zero-order valence-corrected chi connectivity index (χ0v) is 17.0. The fraction of sp³-hybridized carbons (Fsp3) is 0.286. The van der Waals surface area contributed by atoms with Crippen molar-refractivity contribution in [3.05, 3.63) is 65.5 Å². The Bertz CT molecular complexity index is 870. The molecule has 9 heteroatoms. The zero-order chi connectivity index (χ0) is 22.1. The first-order valence-corrected chi connectivity index (χ1v) is 9.40. The minimum atomic E-state index is -0.902. The number of carbonyl (C=O) groups excluding carboxylic acids is 3. The summed E-state index contributed by atoms with van der Waals surface area (Å²) >= 11 is 0. The lowest BCUT2D eigenvalue weighted by atomic mass is 10.1. The second kappa shape index (κ2) is 10.8. The predicted octanol–water partition coefficient (Wildman–Crippen LogP) is 2.26. The van der Waals surface area contributed by atoms with Crippen molar-refractivity contribution in [1.82, 2.24) is 21.5 Å². The van der Waals surface area contributed by atoms with E-state index in [0.29, 0.717) is 17.9 Å². The number of nitrogens with one attached hydrogen (secondary N) is 4. The van der Waals surface area contributed by atoms with Gasteiger partial charge in [-0.2, -0.15) is 0 Å². The second-order valence-electron chi connectivity index (χ2n) is 6.84. The van der Waals surface area contributed by atoms with E-state index in [1.165, 1.54) is 31.2 Å². The van der Waals surface area contributed by atoms with Gasteiger partial charge in [-0.15, -0.1) is 0 Å². The summed E-state index contributed by atoms with van der Waals surface area (Å²) in [6, 6.07) is 11.6. The van der Waals surface area contributed by atoms with Gasteiger partial charge in [0.2, 0.25) is 0 Å². The van der Waals surface area contributed by atoms with Crippen molar-refractivity contribution in [2.45, 2.75) is 39.5 Å². The van der Waals surface area contributed by atoms with Crippen LogP contribution in [-0.4, -0.2) is 30.0 Å². The van der Waals surface area contributed by atoms with Crippen LogP contribution in [0.25, 0.3) is 0 Å². The Labute approximate surface area is 174 Å². The number of benzene rings is 2. The van der Waals surface area contributed by atoms with E-state index in [1.807, 2.05) is 13.8 Å². The summed E-state index contributed by atoms with van der Waals surface area (Å²) in [6.07, 6.45) is -0.902. The van der Waals surface area contributed by atoms with E-state index in [1.54, 1.807) is 24.3 Å². The van der Waals surface area contributed by atoms with Crippen LogP contribution >= 0.6 is 0 Å². The summed E-state index contributed by atoms with van der Waals surface area (Å²) in [6.45, 7) is 5.54. The number of hydrogen-bond donors (Lipinski definition) is 4. The van der Waals surface area contributed by atoms with Crippen molar-refractivity contribution < 1.29 is 23.5 Å². The van der Waals surface area contributed by atoms with Gasteiger partial charge in [-0.1, -0.05) is 12.1 Å². The van der Waals surface area contributed by atoms with Crippen molar-refractivity contribution >= 4 is 17.8 Å². The number of ether oxygens (including phenoxy) is 1. The van der Waals surface area contributed by atoms with E-state index in [0.717, 1.165) is 5.56 Å². The average molecular weight is 416 g/mol. The lowest BCUT2D eigenvalue weighted by molar-refractivity contribution is -0.128. The SMILES string of the molecule is CC(C)NC(=O)NCc1ccc(C(=O)NNC(=O)[C@H](C)Oc2ccc(F)cc2)cc1. The molecule has 0 aromatic heterocycles. The predicted molar refractivity (Wildman–Crippen MR) is 109 cm³/mol. The summed E-state index contributed by atoms with van der Waals surface area (Å²) in [5, 5.41) is 5.43. The van der Waals surface area contributed by atoms with Crippen LogP contribution in [0.1, 0.15) is 36.7 Å². The van der Waals surface area contributed by atoms with E-state index >= 15 is 0 Å². The normalized spacial score (nSPS) is 11.4. The Hall–Kier alpha value is -3.62.